The fraction of sp³-hybridized carbons (Fsp3) is 0.979. The summed E-state index contributed by atoms with van der Waals surface area (Å²) in [6.45, 7) is 4.31. The van der Waals surface area contributed by atoms with Crippen LogP contribution in [0.25, 0.3) is 0 Å². The van der Waals surface area contributed by atoms with Gasteiger partial charge in [0.05, 0.1) is 13.2 Å². The number of phosphoric ester groups is 1. The Morgan fingerprint density at radius 1 is 0.467 bits per heavy atom. The molecule has 0 heterocycles. The predicted octanol–water partition coefficient (Wildman–Crippen LogP) is 10.5. The maximum atomic E-state index is 12.8. The van der Waals surface area contributed by atoms with Crippen LogP contribution in [0.3, 0.4) is 0 Å². The van der Waals surface area contributed by atoms with Crippen molar-refractivity contribution in [3.05, 3.63) is 0 Å². The van der Waals surface area contributed by atoms with E-state index in [0.717, 1.165) is 38.5 Å². The number of hydrogen-bond acceptors (Lipinski definition) is 11. The number of phosphoric acid groups is 1. The zero-order valence-electron chi connectivity index (χ0n) is 38.3. The van der Waals surface area contributed by atoms with Crippen molar-refractivity contribution in [2.75, 3.05) is 19.8 Å². The van der Waals surface area contributed by atoms with Gasteiger partial charge in [-0.25, -0.2) is 4.57 Å². The summed E-state index contributed by atoms with van der Waals surface area (Å²) in [7, 11) is -5.01. The summed E-state index contributed by atoms with van der Waals surface area (Å²) in [5.74, 6) is -0.470. The van der Waals surface area contributed by atoms with Crippen LogP contribution in [0.4, 0.5) is 0 Å². The summed E-state index contributed by atoms with van der Waals surface area (Å²) in [5, 5.41) is 50.2. The number of rotatable bonds is 43. The summed E-state index contributed by atoms with van der Waals surface area (Å²) in [5.41, 5.74) is 0. The van der Waals surface area contributed by atoms with Crippen molar-refractivity contribution in [2.45, 2.75) is 275 Å². The van der Waals surface area contributed by atoms with E-state index in [9.17, 15) is 39.8 Å². The number of aliphatic hydroxyl groups excluding tert-OH is 5. The third kappa shape index (κ3) is 30.4. The van der Waals surface area contributed by atoms with Gasteiger partial charge in [0.25, 0.3) is 0 Å². The van der Waals surface area contributed by atoms with Crippen molar-refractivity contribution in [1.29, 1.82) is 0 Å². The molecule has 0 aromatic carbocycles. The van der Waals surface area contributed by atoms with E-state index >= 15 is 0 Å². The number of carbonyl (C=O) groups excluding carboxylic acids is 1. The van der Waals surface area contributed by atoms with E-state index < -0.39 is 63.1 Å². The van der Waals surface area contributed by atoms with Crippen LogP contribution in [0, 0.1) is 0 Å². The molecule has 1 rings (SSSR count). The molecule has 0 aromatic heterocycles. The van der Waals surface area contributed by atoms with Crippen LogP contribution >= 0.6 is 7.82 Å². The maximum absolute atomic E-state index is 12.8. The standard InChI is InChI=1S/C47H93O12P/c1-3-5-7-9-11-13-15-17-19-20-21-23-25-27-29-31-33-35-37-56-38-40(39-57-60(54,55)59-47-45(52)43(50)42(49)44(51)46(47)53)58-41(48)36-34-32-30-28-26-24-22-18-16-14-12-10-8-6-4-2/h40,42-47,49-53H,3-39H2,1-2H3,(H,54,55)/t40-,42?,43-,44?,45?,46?,47?/m1/s1. The average molecular weight is 881 g/mol. The molecule has 0 amide bonds. The minimum atomic E-state index is -5.01. The van der Waals surface area contributed by atoms with E-state index in [0.29, 0.717) is 13.0 Å². The van der Waals surface area contributed by atoms with E-state index in [2.05, 4.69) is 13.8 Å². The highest BCUT2D eigenvalue weighted by molar-refractivity contribution is 7.47. The highest BCUT2D eigenvalue weighted by atomic mass is 31.2. The van der Waals surface area contributed by atoms with Crippen molar-refractivity contribution < 1.29 is 58.3 Å². The van der Waals surface area contributed by atoms with Crippen molar-refractivity contribution in [1.82, 2.24) is 0 Å². The van der Waals surface area contributed by atoms with Crippen LogP contribution < -0.4 is 0 Å². The number of carbonyl (C=O) groups is 1. The van der Waals surface area contributed by atoms with E-state index in [-0.39, 0.29) is 13.0 Å². The molecule has 0 spiro atoms. The van der Waals surface area contributed by atoms with Crippen LogP contribution in [-0.4, -0.2) is 98.9 Å². The smallest absolute Gasteiger partial charge is 0.457 e. The SMILES string of the molecule is CCCCCCCCCCCCCCCCCCCCOC[C@H](COP(=O)(O)OC1C(O)C(O)C(O)[C@@H](O)C1O)OC(=O)CCCCCCCCCCCCCCCCC. The molecule has 6 unspecified atom stereocenters. The molecule has 13 heteroatoms. The van der Waals surface area contributed by atoms with Gasteiger partial charge >= 0.3 is 13.8 Å². The lowest BCUT2D eigenvalue weighted by molar-refractivity contribution is -0.220. The molecule has 0 aliphatic heterocycles. The Balaban J connectivity index is 2.34. The van der Waals surface area contributed by atoms with Gasteiger partial charge in [0.15, 0.2) is 0 Å². The monoisotopic (exact) mass is 881 g/mol. The number of unbranched alkanes of at least 4 members (excludes halogenated alkanes) is 31. The molecule has 8 atom stereocenters. The first-order chi connectivity index (χ1) is 29.0. The van der Waals surface area contributed by atoms with Crippen LogP contribution in [0.1, 0.15) is 232 Å². The van der Waals surface area contributed by atoms with Crippen molar-refractivity contribution in [3.63, 3.8) is 0 Å². The minimum Gasteiger partial charge on any atom is -0.457 e. The predicted molar refractivity (Wildman–Crippen MR) is 240 cm³/mol. The summed E-state index contributed by atoms with van der Waals surface area (Å²) in [6, 6.07) is 0. The second-order valence-corrected chi connectivity index (χ2v) is 19.1. The molecule has 12 nitrogen and oxygen atoms in total. The van der Waals surface area contributed by atoms with Gasteiger partial charge < -0.3 is 39.9 Å². The molecular formula is C47H93O12P. The molecule has 0 radical (unpaired) electrons. The fourth-order valence-corrected chi connectivity index (χ4v) is 8.98. The van der Waals surface area contributed by atoms with Gasteiger partial charge in [0.1, 0.15) is 42.7 Å². The number of esters is 1. The summed E-state index contributed by atoms with van der Waals surface area (Å²) < 4.78 is 34.3. The Hall–Kier alpha value is -0.660. The van der Waals surface area contributed by atoms with Gasteiger partial charge in [-0.15, -0.1) is 0 Å². The first kappa shape index (κ1) is 57.4. The molecule has 60 heavy (non-hydrogen) atoms. The molecule has 0 bridgehead atoms. The molecular weight excluding hydrogens is 787 g/mol. The van der Waals surface area contributed by atoms with Gasteiger partial charge in [0.2, 0.25) is 0 Å². The summed E-state index contributed by atoms with van der Waals surface area (Å²) >= 11 is 0. The van der Waals surface area contributed by atoms with Crippen molar-refractivity contribution >= 4 is 13.8 Å². The van der Waals surface area contributed by atoms with Crippen LogP contribution in [0.2, 0.25) is 0 Å². The van der Waals surface area contributed by atoms with Gasteiger partial charge in [-0.2, -0.15) is 0 Å². The normalized spacial score (nSPS) is 22.2. The van der Waals surface area contributed by atoms with Crippen LogP contribution in [-0.2, 0) is 27.9 Å². The molecule has 6 N–H and O–H groups in total. The van der Waals surface area contributed by atoms with Crippen molar-refractivity contribution in [3.8, 4) is 0 Å². The second-order valence-electron chi connectivity index (χ2n) is 17.7. The van der Waals surface area contributed by atoms with E-state index in [4.69, 9.17) is 18.5 Å². The van der Waals surface area contributed by atoms with Gasteiger partial charge in [0, 0.05) is 13.0 Å². The number of hydrogen-bond donors (Lipinski definition) is 6. The van der Waals surface area contributed by atoms with E-state index in [1.165, 1.54) is 167 Å². The largest absolute Gasteiger partial charge is 0.472 e. The zero-order chi connectivity index (χ0) is 44.1. The van der Waals surface area contributed by atoms with E-state index in [1.54, 1.807) is 0 Å². The number of aliphatic hydroxyl groups is 5. The van der Waals surface area contributed by atoms with Crippen molar-refractivity contribution in [2.24, 2.45) is 0 Å². The summed E-state index contributed by atoms with van der Waals surface area (Å²) in [6.07, 6.45) is 28.8. The third-order valence-corrected chi connectivity index (χ3v) is 13.0. The first-order valence-electron chi connectivity index (χ1n) is 24.9. The molecule has 0 saturated heterocycles. The first-order valence-corrected chi connectivity index (χ1v) is 26.4. The highest BCUT2D eigenvalue weighted by Gasteiger charge is 2.51. The third-order valence-electron chi connectivity index (χ3n) is 12.0. The quantitative estimate of drug-likeness (QED) is 0.0193. The zero-order valence-corrected chi connectivity index (χ0v) is 39.2. The molecule has 358 valence electrons. The Morgan fingerprint density at radius 2 is 0.783 bits per heavy atom. The Morgan fingerprint density at radius 3 is 1.15 bits per heavy atom. The molecule has 0 aromatic rings. The van der Waals surface area contributed by atoms with Crippen LogP contribution in [0.15, 0.2) is 0 Å². The summed E-state index contributed by atoms with van der Waals surface area (Å²) in [4.78, 5) is 23.2. The topological polar surface area (TPSA) is 192 Å². The number of ether oxygens (including phenoxy) is 2. The molecule has 1 aliphatic rings. The Kier molecular flexibility index (Phi) is 37.1. The lowest BCUT2D eigenvalue weighted by atomic mass is 9.85. The molecule has 1 saturated carbocycles. The maximum Gasteiger partial charge on any atom is 0.472 e. The van der Waals surface area contributed by atoms with Crippen LogP contribution in [0.5, 0.6) is 0 Å². The van der Waals surface area contributed by atoms with Gasteiger partial charge in [-0.3, -0.25) is 13.8 Å². The highest BCUT2D eigenvalue weighted by Crippen LogP contribution is 2.47. The molecule has 1 fully saturated rings. The van der Waals surface area contributed by atoms with E-state index in [1.807, 2.05) is 0 Å². The fourth-order valence-electron chi connectivity index (χ4n) is 8.01. The van der Waals surface area contributed by atoms with Gasteiger partial charge in [-0.05, 0) is 12.8 Å². The Labute approximate surface area is 365 Å². The molecule has 1 aliphatic carbocycles. The Bertz CT molecular complexity index is 1000. The van der Waals surface area contributed by atoms with Gasteiger partial charge in [-0.1, -0.05) is 213 Å². The second kappa shape index (κ2) is 38.8. The minimum absolute atomic E-state index is 0.0676. The lowest BCUT2D eigenvalue weighted by Gasteiger charge is -2.41. The average Bonchev–Trinajstić information content (AvgIpc) is 3.23. The lowest BCUT2D eigenvalue weighted by Crippen LogP contribution is -2.64.